The van der Waals surface area contributed by atoms with Crippen LogP contribution < -0.4 is 9.64 Å². The number of anilines is 1. The highest BCUT2D eigenvalue weighted by Crippen LogP contribution is 2.40. The van der Waals surface area contributed by atoms with Crippen LogP contribution in [0.4, 0.5) is 5.69 Å². The zero-order chi connectivity index (χ0) is 23.4. The van der Waals surface area contributed by atoms with Gasteiger partial charge in [0.05, 0.1) is 17.8 Å². The summed E-state index contributed by atoms with van der Waals surface area (Å²) in [4.78, 5) is 15.1. The number of fused-ring (bicyclic) bond motifs is 2. The number of carbonyl (C=O) groups is 1. The van der Waals surface area contributed by atoms with E-state index in [1.165, 1.54) is 0 Å². The molecule has 3 rings (SSSR count). The largest absolute Gasteiger partial charge is 0.455 e. The first-order valence-corrected chi connectivity index (χ1v) is 15.1. The van der Waals surface area contributed by atoms with Crippen LogP contribution in [-0.4, -0.2) is 19.8 Å². The fourth-order valence-corrected chi connectivity index (χ4v) is 5.91. The minimum Gasteiger partial charge on any atom is -0.455 e. The minimum atomic E-state index is -1.71. The van der Waals surface area contributed by atoms with Crippen molar-refractivity contribution >= 4 is 31.5 Å². The lowest BCUT2D eigenvalue weighted by atomic mass is 9.95. The molecule has 0 aliphatic carbocycles. The number of amides is 1. The van der Waals surface area contributed by atoms with E-state index in [0.717, 1.165) is 30.6 Å². The van der Waals surface area contributed by atoms with Gasteiger partial charge in [0.1, 0.15) is 5.75 Å². The molecule has 0 spiro atoms. The molecule has 2 aromatic carbocycles. The van der Waals surface area contributed by atoms with Crippen molar-refractivity contribution in [1.29, 1.82) is 0 Å². The van der Waals surface area contributed by atoms with E-state index in [1.54, 1.807) is 23.1 Å². The topological polar surface area (TPSA) is 38.8 Å². The second-order valence-electron chi connectivity index (χ2n) is 9.62. The van der Waals surface area contributed by atoms with Crippen molar-refractivity contribution < 1.29 is 14.0 Å². The molecule has 0 bridgehead atoms. The Labute approximate surface area is 198 Å². The fraction of sp³-hybridized carbons (Fsp3) is 0.423. The van der Waals surface area contributed by atoms with Gasteiger partial charge in [0.15, 0.2) is 14.1 Å². The Kier molecular flexibility index (Phi) is 7.86. The van der Waals surface area contributed by atoms with Gasteiger partial charge in [-0.15, -0.1) is 0 Å². The first-order chi connectivity index (χ1) is 15.1. The Balaban J connectivity index is 1.84. The molecule has 0 saturated carbocycles. The van der Waals surface area contributed by atoms with E-state index >= 15 is 0 Å². The van der Waals surface area contributed by atoms with Gasteiger partial charge >= 0.3 is 0 Å². The Hall–Kier alpha value is -2.08. The normalized spacial score (nSPS) is 15.5. The van der Waals surface area contributed by atoms with Gasteiger partial charge in [-0.3, -0.25) is 4.79 Å². The fourth-order valence-electron chi connectivity index (χ4n) is 4.08. The summed E-state index contributed by atoms with van der Waals surface area (Å²) >= 11 is 6.26. The van der Waals surface area contributed by atoms with Crippen molar-refractivity contribution in [3.05, 3.63) is 65.2 Å². The van der Waals surface area contributed by atoms with Gasteiger partial charge in [-0.1, -0.05) is 55.6 Å². The average Bonchev–Trinajstić information content (AvgIpc) is 2.87. The third-order valence-corrected chi connectivity index (χ3v) is 6.76. The third kappa shape index (κ3) is 6.47. The van der Waals surface area contributed by atoms with E-state index in [4.69, 9.17) is 20.8 Å². The summed E-state index contributed by atoms with van der Waals surface area (Å²) in [6.07, 6.45) is 7.53. The van der Waals surface area contributed by atoms with Gasteiger partial charge in [-0.05, 0) is 69.7 Å². The van der Waals surface area contributed by atoms with Crippen LogP contribution in [0.3, 0.4) is 0 Å². The summed E-state index contributed by atoms with van der Waals surface area (Å²) in [6.45, 7) is 11.4. The van der Waals surface area contributed by atoms with Crippen molar-refractivity contribution in [1.82, 2.24) is 0 Å². The smallest absolute Gasteiger partial charge is 0.251 e. The number of hydrogen-bond acceptors (Lipinski definition) is 3. The van der Waals surface area contributed by atoms with Crippen molar-refractivity contribution in [2.24, 2.45) is 0 Å². The van der Waals surface area contributed by atoms with Crippen LogP contribution in [0.2, 0.25) is 24.7 Å². The first-order valence-electron chi connectivity index (χ1n) is 11.3. The summed E-state index contributed by atoms with van der Waals surface area (Å²) in [5.41, 5.74) is 1.37. The number of ether oxygens (including phenoxy) is 1. The molecule has 32 heavy (non-hydrogen) atoms. The van der Waals surface area contributed by atoms with Gasteiger partial charge in [0.2, 0.25) is 0 Å². The zero-order valence-corrected chi connectivity index (χ0v) is 21.5. The molecular formula is C26H34ClNO3Si. The summed E-state index contributed by atoms with van der Waals surface area (Å²) < 4.78 is 12.6. The van der Waals surface area contributed by atoms with Gasteiger partial charge in [0.25, 0.3) is 5.91 Å². The second kappa shape index (κ2) is 10.2. The number of para-hydroxylation sites is 1. The SMILES string of the molecule is CCCCC(C)(C/C=C\C(=O)N1Cc2ccccc2Oc2ccc(Cl)cc21)O[Si](C)(C)C. The van der Waals surface area contributed by atoms with E-state index in [1.807, 2.05) is 36.4 Å². The molecule has 1 unspecified atom stereocenters. The van der Waals surface area contributed by atoms with Crippen molar-refractivity contribution in [3.63, 3.8) is 0 Å². The number of benzene rings is 2. The Morgan fingerprint density at radius 2 is 1.97 bits per heavy atom. The Morgan fingerprint density at radius 1 is 1.22 bits per heavy atom. The number of rotatable bonds is 8. The first kappa shape index (κ1) is 24.6. The molecule has 2 aromatic rings. The molecule has 1 aliphatic heterocycles. The van der Waals surface area contributed by atoms with Crippen LogP contribution in [0.25, 0.3) is 0 Å². The molecule has 4 nitrogen and oxygen atoms in total. The van der Waals surface area contributed by atoms with E-state index in [2.05, 4.69) is 33.5 Å². The van der Waals surface area contributed by atoms with E-state index in [9.17, 15) is 4.79 Å². The average molecular weight is 472 g/mol. The predicted octanol–water partition coefficient (Wildman–Crippen LogP) is 7.73. The number of halogens is 1. The molecule has 0 aromatic heterocycles. The molecule has 0 radical (unpaired) electrons. The third-order valence-electron chi connectivity index (χ3n) is 5.42. The number of unbranched alkanes of at least 4 members (excludes halogenated alkanes) is 1. The monoisotopic (exact) mass is 471 g/mol. The highest BCUT2D eigenvalue weighted by molar-refractivity contribution is 6.69. The maximum atomic E-state index is 13.3. The Morgan fingerprint density at radius 3 is 2.69 bits per heavy atom. The minimum absolute atomic E-state index is 0.0975. The molecule has 0 fully saturated rings. The van der Waals surface area contributed by atoms with Crippen LogP contribution >= 0.6 is 11.6 Å². The number of nitrogens with zero attached hydrogens (tertiary/aromatic N) is 1. The molecule has 172 valence electrons. The van der Waals surface area contributed by atoms with E-state index in [-0.39, 0.29) is 11.5 Å². The maximum Gasteiger partial charge on any atom is 0.251 e. The predicted molar refractivity (Wildman–Crippen MR) is 135 cm³/mol. The van der Waals surface area contributed by atoms with Crippen LogP contribution in [0.5, 0.6) is 11.5 Å². The molecule has 1 aliphatic rings. The highest BCUT2D eigenvalue weighted by atomic mass is 35.5. The molecule has 6 heteroatoms. The molecular weight excluding hydrogens is 438 g/mol. The quantitative estimate of drug-likeness (QED) is 0.292. The van der Waals surface area contributed by atoms with Crippen molar-refractivity contribution in [2.45, 2.75) is 71.3 Å². The summed E-state index contributed by atoms with van der Waals surface area (Å²) in [5.74, 6) is 1.28. The lowest BCUT2D eigenvalue weighted by molar-refractivity contribution is -0.114. The second-order valence-corrected chi connectivity index (χ2v) is 14.5. The van der Waals surface area contributed by atoms with E-state index < -0.39 is 8.32 Å². The Bertz CT molecular complexity index is 985. The van der Waals surface area contributed by atoms with Crippen molar-refractivity contribution in [2.75, 3.05) is 4.90 Å². The van der Waals surface area contributed by atoms with Crippen LogP contribution in [-0.2, 0) is 15.8 Å². The highest BCUT2D eigenvalue weighted by Gasteiger charge is 2.30. The zero-order valence-electron chi connectivity index (χ0n) is 19.8. The van der Waals surface area contributed by atoms with Gasteiger partial charge < -0.3 is 14.1 Å². The van der Waals surface area contributed by atoms with Crippen LogP contribution in [0, 0.1) is 0 Å². The lowest BCUT2D eigenvalue weighted by Crippen LogP contribution is -2.40. The standard InChI is InChI=1S/C26H34ClNO3Si/c1-6-7-16-26(2,31-32(3,4)5)17-10-13-25(29)28-19-20-11-8-9-12-23(20)30-24-15-14-21(27)18-22(24)28/h8-15,18H,6-7,16-17,19H2,1-5H3/b13-10-. The van der Waals surface area contributed by atoms with Crippen molar-refractivity contribution in [3.8, 4) is 11.5 Å². The van der Waals surface area contributed by atoms with Gasteiger partial charge in [0, 0.05) is 10.6 Å². The summed E-state index contributed by atoms with van der Waals surface area (Å²) in [5, 5.41) is 0.566. The number of hydrogen-bond donors (Lipinski definition) is 0. The van der Waals surface area contributed by atoms with Gasteiger partial charge in [-0.25, -0.2) is 0 Å². The van der Waals surface area contributed by atoms with Crippen LogP contribution in [0.1, 0.15) is 45.1 Å². The molecule has 1 amide bonds. The molecule has 1 heterocycles. The maximum absolute atomic E-state index is 13.3. The molecule has 0 N–H and O–H groups in total. The van der Waals surface area contributed by atoms with Gasteiger partial charge in [-0.2, -0.15) is 0 Å². The van der Waals surface area contributed by atoms with Crippen LogP contribution in [0.15, 0.2) is 54.6 Å². The summed E-state index contributed by atoms with van der Waals surface area (Å²) in [6, 6.07) is 13.2. The molecule has 0 saturated heterocycles. The summed E-state index contributed by atoms with van der Waals surface area (Å²) in [7, 11) is -1.71. The number of carbonyl (C=O) groups excluding carboxylic acids is 1. The lowest BCUT2D eigenvalue weighted by Gasteiger charge is -2.36. The molecule has 1 atom stereocenters. The van der Waals surface area contributed by atoms with E-state index in [0.29, 0.717) is 29.4 Å².